The maximum Gasteiger partial charge on any atom is 0.329 e. The van der Waals surface area contributed by atoms with Crippen LogP contribution in [0.25, 0.3) is 10.2 Å². The van der Waals surface area contributed by atoms with Crippen LogP contribution in [0.4, 0.5) is 0 Å². The third kappa shape index (κ3) is 2.71. The van der Waals surface area contributed by atoms with E-state index >= 15 is 0 Å². The van der Waals surface area contributed by atoms with Crippen LogP contribution in [0.1, 0.15) is 34.9 Å². The number of thiophene rings is 1. The van der Waals surface area contributed by atoms with Gasteiger partial charge in [-0.15, -0.1) is 11.3 Å². The molecule has 0 fully saturated rings. The highest BCUT2D eigenvalue weighted by molar-refractivity contribution is 7.18. The molecular formula is C19H17N3O2S. The number of aromatic amines is 1. The van der Waals surface area contributed by atoms with Crippen molar-refractivity contribution in [3.05, 3.63) is 66.7 Å². The van der Waals surface area contributed by atoms with Crippen LogP contribution in [-0.2, 0) is 19.4 Å². The SMILES string of the molecule is CC1CCc2c(sc3[nH]c(=O)n(Cc4cccc(C#N)c4)c(=O)c23)C1. The van der Waals surface area contributed by atoms with Crippen molar-refractivity contribution in [2.45, 2.75) is 32.7 Å². The lowest BCUT2D eigenvalue weighted by Crippen LogP contribution is -2.35. The summed E-state index contributed by atoms with van der Waals surface area (Å²) in [5.74, 6) is 0.614. The van der Waals surface area contributed by atoms with Gasteiger partial charge in [-0.2, -0.15) is 5.26 Å². The summed E-state index contributed by atoms with van der Waals surface area (Å²) >= 11 is 1.54. The molecule has 1 aliphatic rings. The topological polar surface area (TPSA) is 78.7 Å². The van der Waals surface area contributed by atoms with E-state index in [9.17, 15) is 9.59 Å². The molecule has 0 saturated carbocycles. The van der Waals surface area contributed by atoms with E-state index in [1.807, 2.05) is 6.07 Å². The molecule has 3 aromatic rings. The molecule has 5 nitrogen and oxygen atoms in total. The lowest BCUT2D eigenvalue weighted by Gasteiger charge is -2.17. The normalized spacial score (nSPS) is 16.6. The van der Waals surface area contributed by atoms with Gasteiger partial charge in [0.2, 0.25) is 0 Å². The molecule has 0 bridgehead atoms. The zero-order valence-corrected chi connectivity index (χ0v) is 14.7. The molecule has 4 rings (SSSR count). The highest BCUT2D eigenvalue weighted by Crippen LogP contribution is 2.35. The van der Waals surface area contributed by atoms with Gasteiger partial charge in [0, 0.05) is 4.88 Å². The van der Waals surface area contributed by atoms with Crippen molar-refractivity contribution in [2.75, 3.05) is 0 Å². The zero-order valence-electron chi connectivity index (χ0n) is 13.8. The Bertz CT molecular complexity index is 1130. The molecule has 6 heteroatoms. The number of hydrogen-bond donors (Lipinski definition) is 1. The van der Waals surface area contributed by atoms with E-state index in [0.29, 0.717) is 21.7 Å². The van der Waals surface area contributed by atoms with Crippen molar-refractivity contribution >= 4 is 21.6 Å². The molecule has 25 heavy (non-hydrogen) atoms. The Labute approximate surface area is 148 Å². The van der Waals surface area contributed by atoms with Crippen LogP contribution in [0, 0.1) is 17.2 Å². The molecule has 0 spiro atoms. The highest BCUT2D eigenvalue weighted by atomic mass is 32.1. The van der Waals surface area contributed by atoms with Crippen LogP contribution >= 0.6 is 11.3 Å². The Balaban J connectivity index is 1.86. The molecular weight excluding hydrogens is 334 g/mol. The summed E-state index contributed by atoms with van der Waals surface area (Å²) < 4.78 is 1.24. The molecule has 1 aromatic carbocycles. The summed E-state index contributed by atoms with van der Waals surface area (Å²) in [6, 6.07) is 9.08. The van der Waals surface area contributed by atoms with Crippen LogP contribution in [0.15, 0.2) is 33.9 Å². The molecule has 1 aliphatic carbocycles. The van der Waals surface area contributed by atoms with Crippen molar-refractivity contribution in [3.8, 4) is 6.07 Å². The smallest absolute Gasteiger partial charge is 0.298 e. The average Bonchev–Trinajstić information content (AvgIpc) is 2.95. The predicted octanol–water partition coefficient (Wildman–Crippen LogP) is 2.80. The number of nitrogens with zero attached hydrogens (tertiary/aromatic N) is 2. The fourth-order valence-corrected chi connectivity index (χ4v) is 4.91. The molecule has 1 unspecified atom stereocenters. The Hall–Kier alpha value is -2.65. The number of nitrogens with one attached hydrogen (secondary N) is 1. The second kappa shape index (κ2) is 6.01. The van der Waals surface area contributed by atoms with E-state index in [4.69, 9.17) is 5.26 Å². The molecule has 1 N–H and O–H groups in total. The number of H-pyrrole nitrogens is 1. The van der Waals surface area contributed by atoms with Crippen molar-refractivity contribution in [3.63, 3.8) is 0 Å². The summed E-state index contributed by atoms with van der Waals surface area (Å²) in [4.78, 5) is 30.2. The summed E-state index contributed by atoms with van der Waals surface area (Å²) in [7, 11) is 0. The van der Waals surface area contributed by atoms with Gasteiger partial charge in [-0.25, -0.2) is 4.79 Å². The summed E-state index contributed by atoms with van der Waals surface area (Å²) in [6.45, 7) is 2.39. The van der Waals surface area contributed by atoms with Crippen LogP contribution in [0.3, 0.4) is 0 Å². The van der Waals surface area contributed by atoms with Crippen molar-refractivity contribution < 1.29 is 0 Å². The largest absolute Gasteiger partial charge is 0.329 e. The minimum absolute atomic E-state index is 0.167. The summed E-state index contributed by atoms with van der Waals surface area (Å²) in [5, 5.41) is 9.69. The van der Waals surface area contributed by atoms with Crippen molar-refractivity contribution in [1.29, 1.82) is 5.26 Å². The van der Waals surface area contributed by atoms with Gasteiger partial charge in [-0.05, 0) is 48.4 Å². The first-order valence-corrected chi connectivity index (χ1v) is 9.15. The number of rotatable bonds is 2. The van der Waals surface area contributed by atoms with Gasteiger partial charge in [0.1, 0.15) is 4.83 Å². The van der Waals surface area contributed by atoms with Gasteiger partial charge in [-0.3, -0.25) is 14.3 Å². The lowest BCUT2D eigenvalue weighted by molar-refractivity contribution is 0.509. The fraction of sp³-hybridized carbons (Fsp3) is 0.316. The molecule has 2 heterocycles. The first-order chi connectivity index (χ1) is 12.1. The van der Waals surface area contributed by atoms with Gasteiger partial charge in [0.15, 0.2) is 0 Å². The van der Waals surface area contributed by atoms with E-state index < -0.39 is 5.69 Å². The Morgan fingerprint density at radius 1 is 1.40 bits per heavy atom. The molecule has 126 valence electrons. The predicted molar refractivity (Wildman–Crippen MR) is 98.2 cm³/mol. The average molecular weight is 351 g/mol. The fourth-order valence-electron chi connectivity index (χ4n) is 3.52. The van der Waals surface area contributed by atoms with E-state index in [1.165, 1.54) is 9.44 Å². The minimum atomic E-state index is -0.397. The molecule has 1 atom stereocenters. The molecule has 0 amide bonds. The van der Waals surface area contributed by atoms with Crippen LogP contribution < -0.4 is 11.2 Å². The summed E-state index contributed by atoms with van der Waals surface area (Å²) in [6.07, 6.45) is 2.93. The Kier molecular flexibility index (Phi) is 3.81. The lowest BCUT2D eigenvalue weighted by atomic mass is 9.89. The molecule has 0 saturated heterocycles. The van der Waals surface area contributed by atoms with E-state index in [-0.39, 0.29) is 12.1 Å². The standard InChI is InChI=1S/C19H17N3O2S/c1-11-5-6-14-15(7-11)25-17-16(14)18(23)22(19(24)21-17)10-13-4-2-3-12(8-13)9-20/h2-4,8,11H,5-7,10H2,1H3,(H,21,24). The molecule has 0 aliphatic heterocycles. The Morgan fingerprint density at radius 3 is 3.04 bits per heavy atom. The maximum absolute atomic E-state index is 13.0. The number of nitriles is 1. The van der Waals surface area contributed by atoms with E-state index in [0.717, 1.165) is 30.4 Å². The maximum atomic E-state index is 13.0. The van der Waals surface area contributed by atoms with E-state index in [2.05, 4.69) is 18.0 Å². The van der Waals surface area contributed by atoms with Gasteiger partial charge in [0.25, 0.3) is 5.56 Å². The second-order valence-corrected chi connectivity index (χ2v) is 7.79. The second-order valence-electron chi connectivity index (χ2n) is 6.69. The monoisotopic (exact) mass is 351 g/mol. The first kappa shape index (κ1) is 15.9. The first-order valence-electron chi connectivity index (χ1n) is 8.33. The number of aromatic nitrogens is 2. The van der Waals surface area contributed by atoms with Crippen LogP contribution in [0.5, 0.6) is 0 Å². The van der Waals surface area contributed by atoms with Crippen molar-refractivity contribution in [2.24, 2.45) is 5.92 Å². The molecule has 0 radical (unpaired) electrons. The highest BCUT2D eigenvalue weighted by Gasteiger charge is 2.23. The van der Waals surface area contributed by atoms with Crippen LogP contribution in [0.2, 0.25) is 0 Å². The summed E-state index contributed by atoms with van der Waals surface area (Å²) in [5.41, 5.74) is 1.77. The van der Waals surface area contributed by atoms with Crippen LogP contribution in [-0.4, -0.2) is 9.55 Å². The number of hydrogen-bond acceptors (Lipinski definition) is 4. The van der Waals surface area contributed by atoms with Gasteiger partial charge in [0.05, 0.1) is 23.6 Å². The quantitative estimate of drug-likeness (QED) is 0.771. The van der Waals surface area contributed by atoms with Gasteiger partial charge < -0.3 is 0 Å². The third-order valence-corrected chi connectivity index (χ3v) is 6.00. The number of aryl methyl sites for hydroxylation is 1. The minimum Gasteiger partial charge on any atom is -0.298 e. The number of benzene rings is 1. The van der Waals surface area contributed by atoms with Gasteiger partial charge in [-0.1, -0.05) is 19.1 Å². The number of fused-ring (bicyclic) bond motifs is 3. The van der Waals surface area contributed by atoms with Gasteiger partial charge >= 0.3 is 5.69 Å². The van der Waals surface area contributed by atoms with E-state index in [1.54, 1.807) is 29.5 Å². The third-order valence-electron chi connectivity index (χ3n) is 4.83. The Morgan fingerprint density at radius 2 is 2.24 bits per heavy atom. The van der Waals surface area contributed by atoms with Crippen molar-refractivity contribution in [1.82, 2.24) is 9.55 Å². The zero-order chi connectivity index (χ0) is 17.6. The molecule has 2 aromatic heterocycles.